The highest BCUT2D eigenvalue weighted by atomic mass is 16.5. The van der Waals surface area contributed by atoms with Gasteiger partial charge in [-0.15, -0.1) is 0 Å². The number of hydrogen-bond donors (Lipinski definition) is 1. The number of amides is 1. The molecular formula is C21H27NO3. The summed E-state index contributed by atoms with van der Waals surface area (Å²) >= 11 is 0. The highest BCUT2D eigenvalue weighted by Gasteiger charge is 2.17. The van der Waals surface area contributed by atoms with E-state index in [1.807, 2.05) is 50.2 Å². The lowest BCUT2D eigenvalue weighted by atomic mass is 10.2. The van der Waals surface area contributed by atoms with E-state index >= 15 is 0 Å². The molecule has 0 saturated carbocycles. The summed E-state index contributed by atoms with van der Waals surface area (Å²) in [6.07, 6.45) is 1.13. The molecule has 0 aromatic heterocycles. The molecule has 134 valence electrons. The van der Waals surface area contributed by atoms with E-state index in [1.165, 1.54) is 5.56 Å². The van der Waals surface area contributed by atoms with Crippen molar-refractivity contribution in [2.24, 2.45) is 0 Å². The summed E-state index contributed by atoms with van der Waals surface area (Å²) in [4.78, 5) is 12.2. The Bertz CT molecular complexity index is 650. The van der Waals surface area contributed by atoms with Crippen molar-refractivity contribution >= 4 is 5.91 Å². The van der Waals surface area contributed by atoms with Crippen molar-refractivity contribution in [2.75, 3.05) is 13.2 Å². The van der Waals surface area contributed by atoms with Gasteiger partial charge in [-0.3, -0.25) is 4.79 Å². The van der Waals surface area contributed by atoms with E-state index in [-0.39, 0.29) is 5.91 Å². The molecule has 0 unspecified atom stereocenters. The van der Waals surface area contributed by atoms with E-state index in [2.05, 4.69) is 24.4 Å². The Balaban J connectivity index is 1.74. The van der Waals surface area contributed by atoms with Gasteiger partial charge >= 0.3 is 0 Å². The molecule has 2 rings (SSSR count). The van der Waals surface area contributed by atoms with Gasteiger partial charge < -0.3 is 14.8 Å². The van der Waals surface area contributed by atoms with Gasteiger partial charge in [0.1, 0.15) is 18.1 Å². The van der Waals surface area contributed by atoms with Crippen molar-refractivity contribution in [3.8, 4) is 11.5 Å². The van der Waals surface area contributed by atoms with Crippen LogP contribution in [-0.2, 0) is 11.2 Å². The molecule has 0 radical (unpaired) electrons. The molecule has 0 saturated heterocycles. The van der Waals surface area contributed by atoms with Crippen molar-refractivity contribution in [3.05, 3.63) is 59.7 Å². The molecule has 0 heterocycles. The van der Waals surface area contributed by atoms with Crippen LogP contribution in [-0.4, -0.2) is 25.2 Å². The summed E-state index contributed by atoms with van der Waals surface area (Å²) in [5, 5.41) is 2.87. The molecule has 25 heavy (non-hydrogen) atoms. The number of rotatable bonds is 9. The van der Waals surface area contributed by atoms with Gasteiger partial charge in [-0.25, -0.2) is 0 Å². The van der Waals surface area contributed by atoms with E-state index in [1.54, 1.807) is 0 Å². The van der Waals surface area contributed by atoms with Crippen LogP contribution >= 0.6 is 0 Å². The maximum atomic E-state index is 12.2. The van der Waals surface area contributed by atoms with Crippen molar-refractivity contribution in [1.29, 1.82) is 0 Å². The first-order valence-electron chi connectivity index (χ1n) is 8.85. The fraction of sp³-hybridized carbons (Fsp3) is 0.381. The third-order valence-corrected chi connectivity index (χ3v) is 3.96. The molecule has 0 bridgehead atoms. The van der Waals surface area contributed by atoms with Gasteiger partial charge in [0.2, 0.25) is 0 Å². The van der Waals surface area contributed by atoms with E-state index in [9.17, 15) is 4.79 Å². The van der Waals surface area contributed by atoms with E-state index in [4.69, 9.17) is 9.47 Å². The minimum atomic E-state index is -0.494. The van der Waals surface area contributed by atoms with Gasteiger partial charge in [-0.1, -0.05) is 43.7 Å². The second-order valence-corrected chi connectivity index (χ2v) is 5.96. The average molecular weight is 341 g/mol. The molecular weight excluding hydrogens is 314 g/mol. The van der Waals surface area contributed by atoms with Crippen molar-refractivity contribution < 1.29 is 14.3 Å². The lowest BCUT2D eigenvalue weighted by molar-refractivity contribution is -0.128. The van der Waals surface area contributed by atoms with Gasteiger partial charge in [0.25, 0.3) is 5.91 Å². The number of hydrogen-bond acceptors (Lipinski definition) is 3. The zero-order valence-electron chi connectivity index (χ0n) is 15.2. The Hall–Kier alpha value is -2.49. The predicted octanol–water partition coefficient (Wildman–Crippen LogP) is 3.91. The first-order chi connectivity index (χ1) is 12.1. The first kappa shape index (κ1) is 18.8. The van der Waals surface area contributed by atoms with Crippen molar-refractivity contribution in [3.63, 3.8) is 0 Å². The molecule has 4 nitrogen and oxygen atoms in total. The van der Waals surface area contributed by atoms with Crippen LogP contribution in [0.5, 0.6) is 11.5 Å². The van der Waals surface area contributed by atoms with Crippen molar-refractivity contribution in [2.45, 2.75) is 39.7 Å². The molecule has 1 atom stereocenters. The normalized spacial score (nSPS) is 11.6. The quantitative estimate of drug-likeness (QED) is 0.704. The topological polar surface area (TPSA) is 47.6 Å². The van der Waals surface area contributed by atoms with Crippen LogP contribution in [0.1, 0.15) is 31.4 Å². The summed E-state index contributed by atoms with van der Waals surface area (Å²) in [5.41, 5.74) is 2.44. The van der Waals surface area contributed by atoms with Crippen LogP contribution in [0.2, 0.25) is 0 Å². The third-order valence-electron chi connectivity index (χ3n) is 3.96. The summed E-state index contributed by atoms with van der Waals surface area (Å²) in [5.74, 6) is 1.40. The molecule has 0 aliphatic rings. The number of carbonyl (C=O) groups excluding carboxylic acids is 1. The Kier molecular flexibility index (Phi) is 7.33. The Labute approximate surface area is 150 Å². The van der Waals surface area contributed by atoms with Gasteiger partial charge in [-0.05, 0) is 49.6 Å². The second-order valence-electron chi connectivity index (χ2n) is 5.96. The molecule has 2 aromatic carbocycles. The summed E-state index contributed by atoms with van der Waals surface area (Å²) < 4.78 is 11.4. The molecule has 0 fully saturated rings. The molecule has 4 heteroatoms. The lowest BCUT2D eigenvalue weighted by Crippen LogP contribution is -2.39. The predicted molar refractivity (Wildman–Crippen MR) is 100 cm³/mol. The number of nitrogens with one attached hydrogen (secondary N) is 1. The zero-order chi connectivity index (χ0) is 18.1. The summed E-state index contributed by atoms with van der Waals surface area (Å²) in [7, 11) is 0. The number of ether oxygens (including phenoxy) is 2. The summed E-state index contributed by atoms with van der Waals surface area (Å²) in [6.45, 7) is 6.95. The summed E-state index contributed by atoms with van der Waals surface area (Å²) in [6, 6.07) is 15.7. The maximum Gasteiger partial charge on any atom is 0.261 e. The molecule has 0 aliphatic heterocycles. The molecule has 1 amide bonds. The first-order valence-corrected chi connectivity index (χ1v) is 8.85. The smallest absolute Gasteiger partial charge is 0.261 e. The fourth-order valence-corrected chi connectivity index (χ4v) is 2.38. The Morgan fingerprint density at radius 3 is 2.24 bits per heavy atom. The third kappa shape index (κ3) is 6.14. The van der Waals surface area contributed by atoms with Gasteiger partial charge in [0, 0.05) is 0 Å². The van der Waals surface area contributed by atoms with Crippen LogP contribution in [0.15, 0.2) is 48.5 Å². The SMILES string of the molecule is CCc1ccc(OCCNC(=O)[C@@H](CC)Oc2ccc(C)cc2)cc1. The van der Waals surface area contributed by atoms with Gasteiger partial charge in [0.05, 0.1) is 6.54 Å². The second kappa shape index (κ2) is 9.72. The largest absolute Gasteiger partial charge is 0.492 e. The fourth-order valence-electron chi connectivity index (χ4n) is 2.38. The minimum Gasteiger partial charge on any atom is -0.492 e. The van der Waals surface area contributed by atoms with Crippen LogP contribution in [0.4, 0.5) is 0 Å². The number of aryl methyl sites for hydroxylation is 2. The highest BCUT2D eigenvalue weighted by Crippen LogP contribution is 2.15. The van der Waals surface area contributed by atoms with Crippen LogP contribution in [0.25, 0.3) is 0 Å². The van der Waals surface area contributed by atoms with Crippen molar-refractivity contribution in [1.82, 2.24) is 5.32 Å². The van der Waals surface area contributed by atoms with E-state index < -0.39 is 6.10 Å². The van der Waals surface area contributed by atoms with Crippen LogP contribution in [0, 0.1) is 6.92 Å². The lowest BCUT2D eigenvalue weighted by Gasteiger charge is -2.17. The minimum absolute atomic E-state index is 0.118. The molecule has 1 N–H and O–H groups in total. The Morgan fingerprint density at radius 1 is 1.00 bits per heavy atom. The van der Waals surface area contributed by atoms with Gasteiger partial charge in [0.15, 0.2) is 6.10 Å². The number of carbonyl (C=O) groups is 1. The van der Waals surface area contributed by atoms with E-state index in [0.29, 0.717) is 25.3 Å². The molecule has 0 spiro atoms. The highest BCUT2D eigenvalue weighted by molar-refractivity contribution is 5.81. The van der Waals surface area contributed by atoms with Crippen LogP contribution in [0.3, 0.4) is 0 Å². The molecule has 2 aromatic rings. The average Bonchev–Trinajstić information content (AvgIpc) is 2.65. The monoisotopic (exact) mass is 341 g/mol. The van der Waals surface area contributed by atoms with Crippen LogP contribution < -0.4 is 14.8 Å². The molecule has 0 aliphatic carbocycles. The maximum absolute atomic E-state index is 12.2. The number of benzene rings is 2. The zero-order valence-corrected chi connectivity index (χ0v) is 15.2. The van der Waals surface area contributed by atoms with E-state index in [0.717, 1.165) is 17.7 Å². The Morgan fingerprint density at radius 2 is 1.64 bits per heavy atom. The standard InChI is InChI=1S/C21H27NO3/c1-4-17-8-12-18(13-9-17)24-15-14-22-21(23)20(5-2)25-19-10-6-16(3)7-11-19/h6-13,20H,4-5,14-15H2,1-3H3,(H,22,23)/t20-/m1/s1. The van der Waals surface area contributed by atoms with Gasteiger partial charge in [-0.2, -0.15) is 0 Å².